The molecule has 4 heterocycles. The number of carbonyl (C=O) groups excluding carboxylic acids is 4. The largest absolute Gasteiger partial charge is 0.340 e. The monoisotopic (exact) mass is 845 g/mol. The Morgan fingerprint density at radius 3 is 1.61 bits per heavy atom. The van der Waals surface area contributed by atoms with E-state index in [0.29, 0.717) is 31.2 Å². The van der Waals surface area contributed by atoms with E-state index in [0.717, 1.165) is 88.2 Å². The zero-order valence-corrected chi connectivity index (χ0v) is 35.0. The number of hydrogen-bond donors (Lipinski definition) is 2. The van der Waals surface area contributed by atoms with Gasteiger partial charge in [-0.25, -0.2) is 4.98 Å². The van der Waals surface area contributed by atoms with Crippen LogP contribution in [-0.2, 0) is 19.2 Å². The van der Waals surface area contributed by atoms with Gasteiger partial charge in [-0.1, -0.05) is 114 Å². The molecule has 4 aliphatic rings. The van der Waals surface area contributed by atoms with Crippen molar-refractivity contribution in [1.29, 1.82) is 0 Å². The summed E-state index contributed by atoms with van der Waals surface area (Å²) in [6.07, 6.45) is 8.54. The molecule has 0 bridgehead atoms. The van der Waals surface area contributed by atoms with Crippen molar-refractivity contribution >= 4 is 35.0 Å². The highest BCUT2D eigenvalue weighted by Crippen LogP contribution is 2.40. The average Bonchev–Trinajstić information content (AvgIpc) is 4.07. The van der Waals surface area contributed by atoms with Gasteiger partial charge < -0.3 is 25.0 Å². The Morgan fingerprint density at radius 1 is 0.597 bits per heavy atom. The second-order valence-corrected chi connectivity index (χ2v) is 17.9. The molecule has 2 aliphatic heterocycles. The molecule has 4 fully saturated rings. The van der Waals surface area contributed by atoms with Crippen LogP contribution in [0.2, 0.25) is 0 Å². The number of carbonyl (C=O) groups is 4. The van der Waals surface area contributed by atoms with Crippen molar-refractivity contribution in [2.75, 3.05) is 13.1 Å². The number of likely N-dealkylation sites (tertiary alicyclic amines) is 2. The van der Waals surface area contributed by atoms with E-state index < -0.39 is 12.1 Å². The fourth-order valence-corrected chi connectivity index (χ4v) is 9.76. The lowest BCUT2D eigenvalue weighted by molar-refractivity contribution is -0.138. The normalized spacial score (nSPS) is 19.5. The van der Waals surface area contributed by atoms with Crippen LogP contribution in [0.25, 0.3) is 33.0 Å². The highest BCUT2D eigenvalue weighted by molar-refractivity contribution is 7.15. The minimum Gasteiger partial charge on any atom is -0.340 e. The molecule has 0 radical (unpaired) electrons. The molecule has 0 unspecified atom stereocenters. The van der Waals surface area contributed by atoms with Gasteiger partial charge >= 0.3 is 0 Å². The first-order valence-corrected chi connectivity index (χ1v) is 22.5. The first kappa shape index (κ1) is 39.7. The zero-order chi connectivity index (χ0) is 42.2. The van der Waals surface area contributed by atoms with Crippen molar-refractivity contribution in [3.05, 3.63) is 137 Å². The van der Waals surface area contributed by atoms with E-state index in [4.69, 9.17) is 14.5 Å². The van der Waals surface area contributed by atoms with Gasteiger partial charge in [-0.05, 0) is 79.2 Å². The summed E-state index contributed by atoms with van der Waals surface area (Å²) in [7, 11) is 0. The zero-order valence-electron chi connectivity index (χ0n) is 34.2. The Balaban J connectivity index is 0.797. The van der Waals surface area contributed by atoms with Gasteiger partial charge in [-0.2, -0.15) is 4.98 Å². The van der Waals surface area contributed by atoms with E-state index in [1.807, 2.05) is 96.0 Å². The Bertz CT molecular complexity index is 2390. The summed E-state index contributed by atoms with van der Waals surface area (Å²) >= 11 is 1.61. The first-order valence-electron chi connectivity index (χ1n) is 21.7. The Hall–Kier alpha value is -6.47. The van der Waals surface area contributed by atoms with Crippen LogP contribution in [0.1, 0.15) is 97.6 Å². The van der Waals surface area contributed by atoms with E-state index in [1.165, 1.54) is 0 Å². The van der Waals surface area contributed by atoms with Crippen molar-refractivity contribution in [3.8, 4) is 33.0 Å². The molecule has 6 aromatic rings. The standard InChI is InChI=1S/C49H47N7O5S/c57-44(36-23-24-36)51-41(33-9-3-1-4-10-33)48(59)55-27-7-13-38(55)46-53-43(54-61-46)35-21-17-31(18-22-35)30-15-19-32(20-16-30)40-29-50-47(62-40)39-14-8-28-56(39)49(60)42(34-11-5-2-6-12-34)52-45(58)37-25-26-37/h1-6,9-12,15-22,29,36-39,41-42H,7-8,13-14,23-28H2,(H,51,57)(H,52,58)/t38-,39-,41+,42+/m0/s1. The second-order valence-electron chi connectivity index (χ2n) is 16.8. The van der Waals surface area contributed by atoms with Crippen LogP contribution < -0.4 is 10.6 Å². The van der Waals surface area contributed by atoms with Gasteiger partial charge in [0, 0.05) is 36.7 Å². The predicted molar refractivity (Wildman–Crippen MR) is 234 cm³/mol. The van der Waals surface area contributed by atoms with Gasteiger partial charge in [0.2, 0.25) is 35.3 Å². The van der Waals surface area contributed by atoms with E-state index >= 15 is 0 Å². The molecular formula is C49H47N7O5S. The fourth-order valence-electron chi connectivity index (χ4n) is 8.69. The number of thiazole rings is 1. The Kier molecular flexibility index (Phi) is 11.0. The molecule has 4 amide bonds. The highest BCUT2D eigenvalue weighted by atomic mass is 32.1. The lowest BCUT2D eigenvalue weighted by Gasteiger charge is -2.28. The molecule has 2 aliphatic carbocycles. The third kappa shape index (κ3) is 8.28. The van der Waals surface area contributed by atoms with E-state index in [1.54, 1.807) is 16.2 Å². The van der Waals surface area contributed by atoms with Crippen LogP contribution in [0.15, 0.2) is 120 Å². The summed E-state index contributed by atoms with van der Waals surface area (Å²) < 4.78 is 5.79. The maximum Gasteiger partial charge on any atom is 0.250 e. The third-order valence-electron chi connectivity index (χ3n) is 12.5. The Labute approximate surface area is 363 Å². The highest BCUT2D eigenvalue weighted by Gasteiger charge is 2.41. The van der Waals surface area contributed by atoms with Crippen molar-refractivity contribution in [2.24, 2.45) is 11.8 Å². The number of aromatic nitrogens is 3. The van der Waals surface area contributed by atoms with Gasteiger partial charge in [-0.15, -0.1) is 11.3 Å². The van der Waals surface area contributed by atoms with Gasteiger partial charge in [0.15, 0.2) is 0 Å². The Morgan fingerprint density at radius 2 is 1.08 bits per heavy atom. The molecule has 0 spiro atoms. The van der Waals surface area contributed by atoms with Crippen LogP contribution in [0, 0.1) is 11.8 Å². The van der Waals surface area contributed by atoms with E-state index in [-0.39, 0.29) is 47.5 Å². The molecule has 314 valence electrons. The van der Waals surface area contributed by atoms with Crippen LogP contribution in [-0.4, -0.2) is 61.6 Å². The van der Waals surface area contributed by atoms with Crippen LogP contribution in [0.5, 0.6) is 0 Å². The fraction of sp³-hybridized carbons (Fsp3) is 0.327. The average molecular weight is 846 g/mol. The molecule has 62 heavy (non-hydrogen) atoms. The minimum atomic E-state index is -0.777. The lowest BCUT2D eigenvalue weighted by Crippen LogP contribution is -2.43. The second kappa shape index (κ2) is 17.1. The number of nitrogens with zero attached hydrogens (tertiary/aromatic N) is 5. The smallest absolute Gasteiger partial charge is 0.250 e. The number of nitrogens with one attached hydrogen (secondary N) is 2. The van der Waals surface area contributed by atoms with E-state index in [2.05, 4.69) is 40.1 Å². The topological polar surface area (TPSA) is 151 Å². The van der Waals surface area contributed by atoms with Gasteiger partial charge in [0.1, 0.15) is 23.1 Å². The maximum absolute atomic E-state index is 14.1. The molecule has 4 atom stereocenters. The van der Waals surface area contributed by atoms with Crippen LogP contribution in [0.3, 0.4) is 0 Å². The van der Waals surface area contributed by atoms with Crippen molar-refractivity contribution in [2.45, 2.75) is 75.5 Å². The lowest BCUT2D eigenvalue weighted by atomic mass is 10.0. The number of amides is 4. The molecule has 12 nitrogen and oxygen atoms in total. The van der Waals surface area contributed by atoms with E-state index in [9.17, 15) is 19.2 Å². The quantitative estimate of drug-likeness (QED) is 0.118. The van der Waals surface area contributed by atoms with Crippen LogP contribution in [0.4, 0.5) is 0 Å². The van der Waals surface area contributed by atoms with Gasteiger partial charge in [0.25, 0.3) is 0 Å². The number of rotatable bonds is 13. The molecule has 2 aromatic heterocycles. The summed E-state index contributed by atoms with van der Waals surface area (Å²) in [5.41, 5.74) is 5.47. The molecule has 13 heteroatoms. The summed E-state index contributed by atoms with van der Waals surface area (Å²) in [5, 5.41) is 11.3. The van der Waals surface area contributed by atoms with Crippen molar-refractivity contribution in [3.63, 3.8) is 0 Å². The molecule has 2 saturated carbocycles. The molecule has 4 aromatic carbocycles. The SMILES string of the molecule is O=C(N[C@@H](C(=O)N1CCC[C@H]1c1nc(-c2ccc(-c3ccc(-c4cnc([C@@H]5CCCN5C(=O)[C@H](NC(=O)C5CC5)c5ccccc5)s4)cc3)cc2)no1)c1ccccc1)C1CC1. The number of benzene rings is 4. The summed E-state index contributed by atoms with van der Waals surface area (Å²) in [4.78, 5) is 68.1. The summed E-state index contributed by atoms with van der Waals surface area (Å²) in [6.45, 7) is 1.17. The molecule has 2 N–H and O–H groups in total. The van der Waals surface area contributed by atoms with Gasteiger partial charge in [0.05, 0.1) is 10.9 Å². The maximum atomic E-state index is 14.1. The number of hydrogen-bond acceptors (Lipinski definition) is 9. The predicted octanol–water partition coefficient (Wildman–Crippen LogP) is 8.39. The van der Waals surface area contributed by atoms with Crippen molar-refractivity contribution < 1.29 is 23.7 Å². The molecule has 2 saturated heterocycles. The molecule has 10 rings (SSSR count). The van der Waals surface area contributed by atoms with Gasteiger partial charge in [-0.3, -0.25) is 19.2 Å². The third-order valence-corrected chi connectivity index (χ3v) is 13.6. The minimum absolute atomic E-state index is 0.00430. The molecular weight excluding hydrogens is 799 g/mol. The summed E-state index contributed by atoms with van der Waals surface area (Å²) in [5.74, 6) is 0.434. The summed E-state index contributed by atoms with van der Waals surface area (Å²) in [6, 6.07) is 33.3. The first-order chi connectivity index (χ1) is 30.4. The van der Waals surface area contributed by atoms with Crippen LogP contribution >= 0.6 is 11.3 Å². The van der Waals surface area contributed by atoms with Crippen molar-refractivity contribution in [1.82, 2.24) is 35.6 Å².